The van der Waals surface area contributed by atoms with E-state index in [4.69, 9.17) is 10.00 Å². The maximum Gasteiger partial charge on any atom is 0.122 e. The second-order valence-corrected chi connectivity index (χ2v) is 3.24. The van der Waals surface area contributed by atoms with Crippen molar-refractivity contribution in [1.82, 2.24) is 5.32 Å². The van der Waals surface area contributed by atoms with Crippen LogP contribution >= 0.6 is 0 Å². The predicted octanol–water partition coefficient (Wildman–Crippen LogP) is 1.72. The third-order valence-electron chi connectivity index (χ3n) is 2.23. The molecule has 80 valence electrons. The number of benzene rings is 1. The van der Waals surface area contributed by atoms with Gasteiger partial charge in [0, 0.05) is 0 Å². The largest absolute Gasteiger partial charge is 0.496 e. The van der Waals surface area contributed by atoms with Crippen molar-refractivity contribution < 1.29 is 4.74 Å². The van der Waals surface area contributed by atoms with Gasteiger partial charge in [-0.15, -0.1) is 0 Å². The summed E-state index contributed by atoms with van der Waals surface area (Å²) in [4.78, 5) is 0. The second-order valence-electron chi connectivity index (χ2n) is 3.24. The number of hydrogen-bond acceptors (Lipinski definition) is 3. The average Bonchev–Trinajstić information content (AvgIpc) is 2.29. The molecule has 3 nitrogen and oxygen atoms in total. The van der Waals surface area contributed by atoms with Crippen LogP contribution in [-0.4, -0.2) is 20.2 Å². The SMILES string of the molecule is CCNCCc1cc(C#N)ccc1OC. The van der Waals surface area contributed by atoms with Gasteiger partial charge in [0.2, 0.25) is 0 Å². The average molecular weight is 204 g/mol. The van der Waals surface area contributed by atoms with Crippen molar-refractivity contribution in [3.05, 3.63) is 29.3 Å². The maximum absolute atomic E-state index is 8.79. The molecule has 0 aliphatic heterocycles. The van der Waals surface area contributed by atoms with E-state index in [1.54, 1.807) is 13.2 Å². The fraction of sp³-hybridized carbons (Fsp3) is 0.417. The van der Waals surface area contributed by atoms with E-state index in [1.165, 1.54) is 0 Å². The fourth-order valence-electron chi connectivity index (χ4n) is 1.44. The van der Waals surface area contributed by atoms with E-state index in [2.05, 4.69) is 18.3 Å². The molecule has 3 heteroatoms. The van der Waals surface area contributed by atoms with Crippen LogP contribution < -0.4 is 10.1 Å². The van der Waals surface area contributed by atoms with Crippen LogP contribution in [0.1, 0.15) is 18.1 Å². The van der Waals surface area contributed by atoms with E-state index in [-0.39, 0.29) is 0 Å². The summed E-state index contributed by atoms with van der Waals surface area (Å²) in [6, 6.07) is 7.64. The van der Waals surface area contributed by atoms with E-state index in [0.717, 1.165) is 30.8 Å². The summed E-state index contributed by atoms with van der Waals surface area (Å²) >= 11 is 0. The lowest BCUT2D eigenvalue weighted by atomic mass is 10.1. The first-order chi connectivity index (χ1) is 7.31. The van der Waals surface area contributed by atoms with Gasteiger partial charge < -0.3 is 10.1 Å². The molecule has 1 N–H and O–H groups in total. The molecule has 0 radical (unpaired) electrons. The minimum atomic E-state index is 0.683. The normalized spacial score (nSPS) is 9.67. The van der Waals surface area contributed by atoms with Gasteiger partial charge in [-0.3, -0.25) is 0 Å². The Hall–Kier alpha value is -1.53. The molecule has 0 saturated carbocycles. The zero-order valence-electron chi connectivity index (χ0n) is 9.21. The van der Waals surface area contributed by atoms with Crippen LogP contribution in [0.3, 0.4) is 0 Å². The number of rotatable bonds is 5. The quantitative estimate of drug-likeness (QED) is 0.743. The Morgan fingerprint density at radius 3 is 2.87 bits per heavy atom. The van der Waals surface area contributed by atoms with Gasteiger partial charge in [0.25, 0.3) is 0 Å². The first-order valence-electron chi connectivity index (χ1n) is 5.09. The van der Waals surface area contributed by atoms with E-state index in [1.807, 2.05) is 12.1 Å². The van der Waals surface area contributed by atoms with E-state index >= 15 is 0 Å². The summed E-state index contributed by atoms with van der Waals surface area (Å²) in [5, 5.41) is 12.0. The summed E-state index contributed by atoms with van der Waals surface area (Å²) in [7, 11) is 1.65. The van der Waals surface area contributed by atoms with Crippen LogP contribution in [0.2, 0.25) is 0 Å². The highest BCUT2D eigenvalue weighted by Gasteiger charge is 2.03. The molecule has 0 heterocycles. The monoisotopic (exact) mass is 204 g/mol. The Labute approximate surface area is 90.7 Å². The van der Waals surface area contributed by atoms with Crippen molar-refractivity contribution in [2.45, 2.75) is 13.3 Å². The first kappa shape index (κ1) is 11.5. The molecule has 0 aromatic heterocycles. The van der Waals surface area contributed by atoms with Crippen molar-refractivity contribution in [3.63, 3.8) is 0 Å². The molecule has 0 saturated heterocycles. The Morgan fingerprint density at radius 2 is 2.27 bits per heavy atom. The van der Waals surface area contributed by atoms with Gasteiger partial charge in [0.05, 0.1) is 18.7 Å². The summed E-state index contributed by atoms with van der Waals surface area (Å²) in [5.74, 6) is 0.854. The topological polar surface area (TPSA) is 45.0 Å². The van der Waals surface area contributed by atoms with Crippen LogP contribution in [0, 0.1) is 11.3 Å². The van der Waals surface area contributed by atoms with Gasteiger partial charge in [0.1, 0.15) is 5.75 Å². The first-order valence-corrected chi connectivity index (χ1v) is 5.09. The lowest BCUT2D eigenvalue weighted by Crippen LogP contribution is -2.16. The number of ether oxygens (including phenoxy) is 1. The van der Waals surface area contributed by atoms with Gasteiger partial charge >= 0.3 is 0 Å². The van der Waals surface area contributed by atoms with Crippen molar-refractivity contribution in [2.75, 3.05) is 20.2 Å². The molecule has 0 bridgehead atoms. The molecule has 0 atom stereocenters. The molecule has 1 rings (SSSR count). The standard InChI is InChI=1S/C12H16N2O/c1-3-14-7-6-11-8-10(9-13)4-5-12(11)15-2/h4-5,8,14H,3,6-7H2,1-2H3. The highest BCUT2D eigenvalue weighted by atomic mass is 16.5. The summed E-state index contributed by atoms with van der Waals surface area (Å²) < 4.78 is 5.24. The van der Waals surface area contributed by atoms with Crippen LogP contribution in [0.25, 0.3) is 0 Å². The molecule has 0 aliphatic carbocycles. The fourth-order valence-corrected chi connectivity index (χ4v) is 1.44. The number of nitrogens with zero attached hydrogens (tertiary/aromatic N) is 1. The number of nitriles is 1. The van der Waals surface area contributed by atoms with Gasteiger partial charge in [0.15, 0.2) is 0 Å². The number of methoxy groups -OCH3 is 1. The number of nitrogens with one attached hydrogen (secondary N) is 1. The number of likely N-dealkylation sites (N-methyl/N-ethyl adjacent to an activating group) is 1. The van der Waals surface area contributed by atoms with Crippen molar-refractivity contribution in [3.8, 4) is 11.8 Å². The summed E-state index contributed by atoms with van der Waals surface area (Å²) in [5.41, 5.74) is 1.76. The lowest BCUT2D eigenvalue weighted by molar-refractivity contribution is 0.409. The third kappa shape index (κ3) is 3.26. The van der Waals surface area contributed by atoms with Gasteiger partial charge in [-0.25, -0.2) is 0 Å². The highest BCUT2D eigenvalue weighted by molar-refractivity contribution is 5.42. The molecule has 1 aromatic carbocycles. The Morgan fingerprint density at radius 1 is 1.47 bits per heavy atom. The Bertz CT molecular complexity index is 355. The van der Waals surface area contributed by atoms with Crippen LogP contribution in [-0.2, 0) is 6.42 Å². The molecule has 0 spiro atoms. The minimum Gasteiger partial charge on any atom is -0.496 e. The zero-order valence-corrected chi connectivity index (χ0v) is 9.21. The zero-order chi connectivity index (χ0) is 11.1. The van der Waals surface area contributed by atoms with Crippen molar-refractivity contribution in [2.24, 2.45) is 0 Å². The number of hydrogen-bond donors (Lipinski definition) is 1. The predicted molar refractivity (Wildman–Crippen MR) is 60.0 cm³/mol. The van der Waals surface area contributed by atoms with Crippen LogP contribution in [0.4, 0.5) is 0 Å². The lowest BCUT2D eigenvalue weighted by Gasteiger charge is -2.08. The van der Waals surface area contributed by atoms with E-state index in [9.17, 15) is 0 Å². The molecule has 0 amide bonds. The smallest absolute Gasteiger partial charge is 0.122 e. The Balaban J connectivity index is 2.78. The third-order valence-corrected chi connectivity index (χ3v) is 2.23. The molecule has 0 aliphatic rings. The molecule has 0 unspecified atom stereocenters. The summed E-state index contributed by atoms with van der Waals surface area (Å²) in [6.45, 7) is 3.94. The Kier molecular flexibility index (Phi) is 4.65. The van der Waals surface area contributed by atoms with E-state index in [0.29, 0.717) is 5.56 Å². The maximum atomic E-state index is 8.79. The van der Waals surface area contributed by atoms with Gasteiger partial charge in [-0.1, -0.05) is 6.92 Å². The van der Waals surface area contributed by atoms with Gasteiger partial charge in [-0.05, 0) is 43.3 Å². The van der Waals surface area contributed by atoms with Crippen LogP contribution in [0.15, 0.2) is 18.2 Å². The molecular formula is C12H16N2O. The van der Waals surface area contributed by atoms with Gasteiger partial charge in [-0.2, -0.15) is 5.26 Å². The van der Waals surface area contributed by atoms with E-state index < -0.39 is 0 Å². The minimum absolute atomic E-state index is 0.683. The molecule has 0 fully saturated rings. The van der Waals surface area contributed by atoms with Crippen molar-refractivity contribution >= 4 is 0 Å². The highest BCUT2D eigenvalue weighted by Crippen LogP contribution is 2.19. The summed E-state index contributed by atoms with van der Waals surface area (Å²) in [6.07, 6.45) is 0.881. The second kappa shape index (κ2) is 6.05. The molecule has 1 aromatic rings. The molecule has 15 heavy (non-hydrogen) atoms. The van der Waals surface area contributed by atoms with Crippen molar-refractivity contribution in [1.29, 1.82) is 5.26 Å². The van der Waals surface area contributed by atoms with Crippen LogP contribution in [0.5, 0.6) is 5.75 Å². The molecular weight excluding hydrogens is 188 g/mol.